The van der Waals surface area contributed by atoms with Crippen molar-refractivity contribution >= 4 is 34.5 Å². The van der Waals surface area contributed by atoms with Gasteiger partial charge >= 0.3 is 0 Å². The number of hydrogen-bond donors (Lipinski definition) is 1. The number of rotatable bonds is 3. The number of amides is 1. The lowest BCUT2D eigenvalue weighted by molar-refractivity contribution is -0.132. The largest absolute Gasteiger partial charge is 0.507 e. The Morgan fingerprint density at radius 2 is 1.71 bits per heavy atom. The first-order valence-corrected chi connectivity index (χ1v) is 9.53. The van der Waals surface area contributed by atoms with E-state index >= 15 is 0 Å². The zero-order valence-electron chi connectivity index (χ0n) is 14.9. The number of nitrogens with zero attached hydrogens (tertiary/aromatic N) is 1. The average molecular weight is 393 g/mol. The van der Waals surface area contributed by atoms with Crippen molar-refractivity contribution in [2.45, 2.75) is 13.0 Å². The molecule has 1 unspecified atom stereocenters. The van der Waals surface area contributed by atoms with Crippen molar-refractivity contribution in [3.8, 4) is 0 Å². The highest BCUT2D eigenvalue weighted by atomic mass is 32.1. The first kappa shape index (κ1) is 18.1. The van der Waals surface area contributed by atoms with E-state index in [-0.39, 0.29) is 11.3 Å². The van der Waals surface area contributed by atoms with Crippen LogP contribution in [0.5, 0.6) is 0 Å². The van der Waals surface area contributed by atoms with Gasteiger partial charge in [0.15, 0.2) is 0 Å². The SMILES string of the molecule is Cc1ccsc1C1/C(=C(/O)c2ccccc2)C(=O)C(=O)N1c1ccc(F)cc1. The molecule has 28 heavy (non-hydrogen) atoms. The molecule has 1 atom stereocenters. The van der Waals surface area contributed by atoms with E-state index in [1.807, 2.05) is 18.4 Å². The third kappa shape index (κ3) is 2.92. The standard InChI is InChI=1S/C22H16FNO3S/c1-13-11-12-28-21(13)18-17(19(25)14-5-3-2-4-6-14)20(26)22(27)24(18)16-9-7-15(23)8-10-16/h2-12,18,25H,1H3/b19-17-. The summed E-state index contributed by atoms with van der Waals surface area (Å²) >= 11 is 1.40. The molecule has 2 heterocycles. The van der Waals surface area contributed by atoms with E-state index in [4.69, 9.17) is 0 Å². The maximum Gasteiger partial charge on any atom is 0.300 e. The fourth-order valence-corrected chi connectivity index (χ4v) is 4.39. The number of thiophene rings is 1. The number of carbonyl (C=O) groups is 2. The van der Waals surface area contributed by atoms with Gasteiger partial charge in [-0.3, -0.25) is 14.5 Å². The first-order valence-electron chi connectivity index (χ1n) is 8.65. The van der Waals surface area contributed by atoms with Crippen molar-refractivity contribution in [3.05, 3.63) is 93.4 Å². The fraction of sp³-hybridized carbons (Fsp3) is 0.0909. The number of benzene rings is 2. The lowest BCUT2D eigenvalue weighted by Gasteiger charge is -2.25. The maximum atomic E-state index is 13.4. The maximum absolute atomic E-state index is 13.4. The molecule has 1 fully saturated rings. The van der Waals surface area contributed by atoms with Crippen LogP contribution in [0.2, 0.25) is 0 Å². The van der Waals surface area contributed by atoms with Crippen LogP contribution in [0, 0.1) is 12.7 Å². The van der Waals surface area contributed by atoms with E-state index in [2.05, 4.69) is 0 Å². The molecular formula is C22H16FNO3S. The monoisotopic (exact) mass is 393 g/mol. The van der Waals surface area contributed by atoms with Crippen molar-refractivity contribution < 1.29 is 19.1 Å². The van der Waals surface area contributed by atoms with Crippen LogP contribution in [-0.4, -0.2) is 16.8 Å². The molecule has 3 aromatic rings. The Balaban J connectivity index is 1.95. The number of hydrogen-bond acceptors (Lipinski definition) is 4. The third-order valence-electron chi connectivity index (χ3n) is 4.75. The minimum Gasteiger partial charge on any atom is -0.507 e. The molecule has 4 rings (SSSR count). The lowest BCUT2D eigenvalue weighted by atomic mass is 9.98. The second-order valence-electron chi connectivity index (χ2n) is 6.48. The number of aliphatic hydroxyl groups excluding tert-OH is 1. The molecule has 0 spiro atoms. The number of anilines is 1. The van der Waals surface area contributed by atoms with E-state index in [9.17, 15) is 19.1 Å². The molecule has 1 saturated heterocycles. The predicted molar refractivity (Wildman–Crippen MR) is 107 cm³/mol. The molecule has 0 radical (unpaired) electrons. The molecule has 1 amide bonds. The second kappa shape index (κ2) is 7.05. The van der Waals surface area contributed by atoms with Gasteiger partial charge in [0.2, 0.25) is 0 Å². The van der Waals surface area contributed by atoms with Gasteiger partial charge in [-0.15, -0.1) is 11.3 Å². The number of carbonyl (C=O) groups excluding carboxylic acids is 2. The summed E-state index contributed by atoms with van der Waals surface area (Å²) in [5.74, 6) is -2.17. The van der Waals surface area contributed by atoms with Crippen LogP contribution in [0.15, 0.2) is 71.6 Å². The van der Waals surface area contributed by atoms with Crippen LogP contribution in [-0.2, 0) is 9.59 Å². The minimum atomic E-state index is -0.773. The van der Waals surface area contributed by atoms with Gasteiger partial charge in [-0.25, -0.2) is 4.39 Å². The zero-order valence-corrected chi connectivity index (χ0v) is 15.7. The van der Waals surface area contributed by atoms with Crippen LogP contribution < -0.4 is 4.90 Å². The Hall–Kier alpha value is -3.25. The fourth-order valence-electron chi connectivity index (χ4n) is 3.36. The highest BCUT2D eigenvalue weighted by Crippen LogP contribution is 2.44. The smallest absolute Gasteiger partial charge is 0.300 e. The summed E-state index contributed by atoms with van der Waals surface area (Å²) in [5, 5.41) is 12.8. The summed E-state index contributed by atoms with van der Waals surface area (Å²) in [4.78, 5) is 27.9. The number of halogens is 1. The Labute approximate surface area is 165 Å². The third-order valence-corrected chi connectivity index (χ3v) is 5.82. The summed E-state index contributed by atoms with van der Waals surface area (Å²) < 4.78 is 13.4. The number of Topliss-reactive ketones (excluding diaryl/α,β-unsaturated/α-hetero) is 1. The summed E-state index contributed by atoms with van der Waals surface area (Å²) in [6.45, 7) is 1.89. The number of ketones is 1. The lowest BCUT2D eigenvalue weighted by Crippen LogP contribution is -2.29. The van der Waals surface area contributed by atoms with Crippen molar-refractivity contribution in [1.82, 2.24) is 0 Å². The number of aliphatic hydroxyl groups is 1. The molecule has 0 bridgehead atoms. The molecule has 4 nitrogen and oxygen atoms in total. The topological polar surface area (TPSA) is 57.6 Å². The Bertz CT molecular complexity index is 1090. The molecule has 1 aliphatic heterocycles. The molecule has 1 aliphatic rings. The first-order chi connectivity index (χ1) is 13.5. The summed E-state index contributed by atoms with van der Waals surface area (Å²) in [5.41, 5.74) is 1.79. The summed E-state index contributed by atoms with van der Waals surface area (Å²) in [6, 6.07) is 15.2. The average Bonchev–Trinajstić information content (AvgIpc) is 3.24. The minimum absolute atomic E-state index is 0.0334. The molecule has 1 N–H and O–H groups in total. The van der Waals surface area contributed by atoms with E-state index < -0.39 is 23.5 Å². The van der Waals surface area contributed by atoms with Gasteiger partial charge < -0.3 is 5.11 Å². The van der Waals surface area contributed by atoms with E-state index in [1.54, 1.807) is 30.3 Å². The molecule has 6 heteroatoms. The van der Waals surface area contributed by atoms with Crippen molar-refractivity contribution in [3.63, 3.8) is 0 Å². The van der Waals surface area contributed by atoms with Crippen LogP contribution in [0.25, 0.3) is 5.76 Å². The molecule has 2 aromatic carbocycles. The van der Waals surface area contributed by atoms with Crippen LogP contribution in [0.3, 0.4) is 0 Å². The van der Waals surface area contributed by atoms with Gasteiger partial charge in [-0.2, -0.15) is 0 Å². The van der Waals surface area contributed by atoms with Gasteiger partial charge in [-0.05, 0) is 48.2 Å². The zero-order chi connectivity index (χ0) is 19.8. The highest BCUT2D eigenvalue weighted by Gasteiger charge is 2.47. The molecular weight excluding hydrogens is 377 g/mol. The number of aryl methyl sites for hydroxylation is 1. The molecule has 0 saturated carbocycles. The second-order valence-corrected chi connectivity index (χ2v) is 7.43. The van der Waals surface area contributed by atoms with Crippen molar-refractivity contribution in [2.75, 3.05) is 4.90 Å². The summed E-state index contributed by atoms with van der Waals surface area (Å²) in [7, 11) is 0. The highest BCUT2D eigenvalue weighted by molar-refractivity contribution is 7.10. The van der Waals surface area contributed by atoms with E-state index in [1.165, 1.54) is 40.5 Å². The Kier molecular flexibility index (Phi) is 4.57. The molecule has 1 aromatic heterocycles. The van der Waals surface area contributed by atoms with E-state index in [0.717, 1.165) is 10.4 Å². The predicted octanol–water partition coefficient (Wildman–Crippen LogP) is 4.82. The van der Waals surface area contributed by atoms with Crippen LogP contribution in [0.4, 0.5) is 10.1 Å². The Morgan fingerprint density at radius 1 is 1.04 bits per heavy atom. The van der Waals surface area contributed by atoms with Crippen molar-refractivity contribution in [2.24, 2.45) is 0 Å². The quantitative estimate of drug-likeness (QED) is 0.394. The van der Waals surface area contributed by atoms with Gasteiger partial charge in [-0.1, -0.05) is 30.3 Å². The normalized spacial score (nSPS) is 18.6. The van der Waals surface area contributed by atoms with E-state index in [0.29, 0.717) is 11.3 Å². The van der Waals surface area contributed by atoms with Crippen molar-refractivity contribution in [1.29, 1.82) is 0 Å². The Morgan fingerprint density at radius 3 is 2.32 bits per heavy atom. The molecule has 140 valence electrons. The van der Waals surface area contributed by atoms with Gasteiger partial charge in [0.25, 0.3) is 11.7 Å². The van der Waals surface area contributed by atoms with Crippen LogP contribution >= 0.6 is 11.3 Å². The summed E-state index contributed by atoms with van der Waals surface area (Å²) in [6.07, 6.45) is 0. The van der Waals surface area contributed by atoms with Gasteiger partial charge in [0, 0.05) is 16.1 Å². The van der Waals surface area contributed by atoms with Gasteiger partial charge in [0.1, 0.15) is 17.6 Å². The molecule has 0 aliphatic carbocycles. The van der Waals surface area contributed by atoms with Gasteiger partial charge in [0.05, 0.1) is 5.57 Å². The van der Waals surface area contributed by atoms with Crippen LogP contribution in [0.1, 0.15) is 22.0 Å².